The third-order valence-electron chi connectivity index (χ3n) is 5.42. The molecule has 1 saturated carbocycles. The molecule has 3 aromatic rings. The lowest BCUT2D eigenvalue weighted by Crippen LogP contribution is -2.40. The largest absolute Gasteiger partial charge is 0.306 e. The van der Waals surface area contributed by atoms with E-state index in [0.29, 0.717) is 6.04 Å². The first-order valence-corrected chi connectivity index (χ1v) is 9.14. The third-order valence-corrected chi connectivity index (χ3v) is 5.42. The standard InChI is InChI=1S/C22H20N4.ClH/c1-2-15-4-3-5-18(12-15)22-21(17-8-10-23-11-9-17)20-13-24-19(16-6-7-16)14-26(20)25-22;/h1,3-5,8-12,16,19,24H,6-7,13-14H2;1H/t19-;/m1./s1. The minimum atomic E-state index is 0. The fourth-order valence-corrected chi connectivity index (χ4v) is 3.90. The van der Waals surface area contributed by atoms with Gasteiger partial charge in [-0.2, -0.15) is 5.10 Å². The predicted molar refractivity (Wildman–Crippen MR) is 109 cm³/mol. The van der Waals surface area contributed by atoms with Crippen LogP contribution in [0.15, 0.2) is 48.8 Å². The van der Waals surface area contributed by atoms with E-state index in [1.165, 1.54) is 24.1 Å². The van der Waals surface area contributed by atoms with Gasteiger partial charge in [0, 0.05) is 41.7 Å². The first-order chi connectivity index (χ1) is 12.8. The first kappa shape index (κ1) is 17.8. The van der Waals surface area contributed by atoms with Gasteiger partial charge in [0.1, 0.15) is 5.69 Å². The van der Waals surface area contributed by atoms with Crippen LogP contribution < -0.4 is 5.32 Å². The van der Waals surface area contributed by atoms with Gasteiger partial charge in [0.2, 0.25) is 0 Å². The van der Waals surface area contributed by atoms with Crippen LogP contribution in [-0.4, -0.2) is 20.8 Å². The van der Waals surface area contributed by atoms with Gasteiger partial charge in [-0.25, -0.2) is 0 Å². The van der Waals surface area contributed by atoms with E-state index in [-0.39, 0.29) is 12.4 Å². The molecule has 0 spiro atoms. The van der Waals surface area contributed by atoms with Crippen LogP contribution in [0, 0.1) is 18.3 Å². The highest BCUT2D eigenvalue weighted by Crippen LogP contribution is 2.39. The topological polar surface area (TPSA) is 42.7 Å². The molecule has 5 rings (SSSR count). The van der Waals surface area contributed by atoms with Crippen molar-refractivity contribution in [3.8, 4) is 34.7 Å². The third kappa shape index (κ3) is 3.25. The summed E-state index contributed by atoms with van der Waals surface area (Å²) in [6, 6.07) is 12.7. The van der Waals surface area contributed by atoms with Gasteiger partial charge >= 0.3 is 0 Å². The second-order valence-corrected chi connectivity index (χ2v) is 7.14. The summed E-state index contributed by atoms with van der Waals surface area (Å²) < 4.78 is 2.20. The molecular formula is C22H21ClN4. The van der Waals surface area contributed by atoms with Gasteiger partial charge < -0.3 is 5.32 Å². The van der Waals surface area contributed by atoms with E-state index in [9.17, 15) is 0 Å². The van der Waals surface area contributed by atoms with Crippen LogP contribution in [0.4, 0.5) is 0 Å². The molecule has 5 heteroatoms. The predicted octanol–water partition coefficient (Wildman–Crippen LogP) is 3.90. The van der Waals surface area contributed by atoms with Crippen molar-refractivity contribution in [3.05, 3.63) is 60.0 Å². The molecule has 0 radical (unpaired) electrons. The first-order valence-electron chi connectivity index (χ1n) is 9.14. The maximum atomic E-state index is 5.61. The minimum absolute atomic E-state index is 0. The van der Waals surface area contributed by atoms with Gasteiger partial charge in [-0.3, -0.25) is 9.67 Å². The summed E-state index contributed by atoms with van der Waals surface area (Å²) in [4.78, 5) is 4.17. The monoisotopic (exact) mass is 376 g/mol. The molecule has 0 bridgehead atoms. The van der Waals surface area contributed by atoms with E-state index in [0.717, 1.165) is 41.4 Å². The van der Waals surface area contributed by atoms with Crippen LogP contribution in [0.25, 0.3) is 22.4 Å². The van der Waals surface area contributed by atoms with Crippen LogP contribution >= 0.6 is 12.4 Å². The number of pyridine rings is 1. The SMILES string of the molecule is C#Cc1cccc(-c2nn3c(c2-c2ccncc2)CN[C@@H](C2CC2)C3)c1.Cl. The summed E-state index contributed by atoms with van der Waals surface area (Å²) in [6.45, 7) is 1.79. The zero-order chi connectivity index (χ0) is 17.5. The molecule has 1 aliphatic heterocycles. The lowest BCUT2D eigenvalue weighted by Gasteiger charge is -2.25. The van der Waals surface area contributed by atoms with Crippen molar-refractivity contribution < 1.29 is 0 Å². The second-order valence-electron chi connectivity index (χ2n) is 7.14. The van der Waals surface area contributed by atoms with Gasteiger partial charge in [0.15, 0.2) is 0 Å². The molecule has 4 nitrogen and oxygen atoms in total. The summed E-state index contributed by atoms with van der Waals surface area (Å²) in [5.74, 6) is 3.54. The van der Waals surface area contributed by atoms with Crippen LogP contribution in [0.2, 0.25) is 0 Å². The zero-order valence-corrected chi connectivity index (χ0v) is 15.7. The molecule has 1 aromatic carbocycles. The van der Waals surface area contributed by atoms with Gasteiger partial charge in [-0.15, -0.1) is 18.8 Å². The number of nitrogens with one attached hydrogen (secondary N) is 1. The average Bonchev–Trinajstić information content (AvgIpc) is 3.48. The summed E-state index contributed by atoms with van der Waals surface area (Å²) >= 11 is 0. The van der Waals surface area contributed by atoms with Crippen molar-refractivity contribution in [1.82, 2.24) is 20.1 Å². The number of halogens is 1. The van der Waals surface area contributed by atoms with E-state index in [1.807, 2.05) is 30.6 Å². The van der Waals surface area contributed by atoms with Gasteiger partial charge in [-0.05, 0) is 48.6 Å². The Hall–Kier alpha value is -2.61. The highest BCUT2D eigenvalue weighted by atomic mass is 35.5. The summed E-state index contributed by atoms with van der Waals surface area (Å²) in [5, 5.41) is 8.75. The molecule has 0 unspecified atom stereocenters. The molecule has 1 N–H and O–H groups in total. The molecule has 2 aliphatic rings. The van der Waals surface area contributed by atoms with Gasteiger partial charge in [-0.1, -0.05) is 18.1 Å². The number of nitrogens with zero attached hydrogens (tertiary/aromatic N) is 3. The van der Waals surface area contributed by atoms with E-state index in [2.05, 4.69) is 39.1 Å². The van der Waals surface area contributed by atoms with E-state index in [1.54, 1.807) is 0 Å². The van der Waals surface area contributed by atoms with Gasteiger partial charge in [0.25, 0.3) is 0 Å². The Morgan fingerprint density at radius 3 is 2.67 bits per heavy atom. The molecule has 136 valence electrons. The smallest absolute Gasteiger partial charge is 0.101 e. The zero-order valence-electron chi connectivity index (χ0n) is 14.9. The molecule has 2 aromatic heterocycles. The number of hydrogen-bond acceptors (Lipinski definition) is 3. The van der Waals surface area contributed by atoms with Crippen molar-refractivity contribution in [3.63, 3.8) is 0 Å². The lowest BCUT2D eigenvalue weighted by atomic mass is 9.97. The Bertz CT molecular complexity index is 999. The maximum Gasteiger partial charge on any atom is 0.101 e. The minimum Gasteiger partial charge on any atom is -0.306 e. The lowest BCUT2D eigenvalue weighted by molar-refractivity contribution is 0.339. The normalized spacial score (nSPS) is 18.3. The maximum absolute atomic E-state index is 5.61. The highest BCUT2D eigenvalue weighted by Gasteiger charge is 2.35. The fraction of sp³-hybridized carbons (Fsp3) is 0.273. The molecule has 0 saturated heterocycles. The Kier molecular flexibility index (Phi) is 4.73. The van der Waals surface area contributed by atoms with Crippen LogP contribution in [0.5, 0.6) is 0 Å². The van der Waals surface area contributed by atoms with Crippen molar-refractivity contribution in [2.75, 3.05) is 0 Å². The van der Waals surface area contributed by atoms with Crippen molar-refractivity contribution >= 4 is 12.4 Å². The number of terminal acetylenes is 1. The number of fused-ring (bicyclic) bond motifs is 1. The molecule has 0 amide bonds. The Morgan fingerprint density at radius 2 is 1.93 bits per heavy atom. The summed E-state index contributed by atoms with van der Waals surface area (Å²) in [7, 11) is 0. The van der Waals surface area contributed by atoms with Crippen LogP contribution in [0.3, 0.4) is 0 Å². The average molecular weight is 377 g/mol. The fourth-order valence-electron chi connectivity index (χ4n) is 3.90. The van der Waals surface area contributed by atoms with Crippen molar-refractivity contribution in [2.45, 2.75) is 32.0 Å². The number of benzene rings is 1. The molecule has 27 heavy (non-hydrogen) atoms. The Labute approximate surface area is 165 Å². The molecule has 1 aliphatic carbocycles. The van der Waals surface area contributed by atoms with Gasteiger partial charge in [0.05, 0.1) is 12.2 Å². The molecule has 1 fully saturated rings. The second kappa shape index (κ2) is 7.19. The Balaban J connectivity index is 0.00000180. The van der Waals surface area contributed by atoms with E-state index >= 15 is 0 Å². The molecule has 3 heterocycles. The van der Waals surface area contributed by atoms with E-state index in [4.69, 9.17) is 11.5 Å². The molecule has 1 atom stereocenters. The van der Waals surface area contributed by atoms with Crippen molar-refractivity contribution in [2.24, 2.45) is 5.92 Å². The molecular weight excluding hydrogens is 356 g/mol. The number of aromatic nitrogens is 3. The van der Waals surface area contributed by atoms with Crippen molar-refractivity contribution in [1.29, 1.82) is 0 Å². The van der Waals surface area contributed by atoms with Crippen LogP contribution in [0.1, 0.15) is 24.1 Å². The Morgan fingerprint density at radius 1 is 1.11 bits per heavy atom. The van der Waals surface area contributed by atoms with Crippen LogP contribution in [-0.2, 0) is 13.1 Å². The highest BCUT2D eigenvalue weighted by molar-refractivity contribution is 5.85. The summed E-state index contributed by atoms with van der Waals surface area (Å²) in [5.41, 5.74) is 6.52. The van der Waals surface area contributed by atoms with E-state index < -0.39 is 0 Å². The quantitative estimate of drug-likeness (QED) is 0.705. The number of hydrogen-bond donors (Lipinski definition) is 1. The number of rotatable bonds is 3. The summed E-state index contributed by atoms with van der Waals surface area (Å²) in [6.07, 6.45) is 12.0.